The van der Waals surface area contributed by atoms with Crippen LogP contribution in [0.3, 0.4) is 0 Å². The topological polar surface area (TPSA) is 104 Å². The van der Waals surface area contributed by atoms with Gasteiger partial charge in [0.25, 0.3) is 0 Å². The summed E-state index contributed by atoms with van der Waals surface area (Å²) in [6.45, 7) is 3.50. The van der Waals surface area contributed by atoms with Gasteiger partial charge in [0, 0.05) is 30.9 Å². The van der Waals surface area contributed by atoms with Crippen molar-refractivity contribution in [1.29, 1.82) is 0 Å². The molecule has 2 heterocycles. The molecule has 1 fully saturated rings. The summed E-state index contributed by atoms with van der Waals surface area (Å²) in [5.74, 6) is -1.33. The molecule has 1 saturated heterocycles. The number of thiophene rings is 1. The van der Waals surface area contributed by atoms with Crippen LogP contribution in [-0.4, -0.2) is 48.8 Å². The molecule has 7 nitrogen and oxygen atoms in total. The molecule has 1 aliphatic heterocycles. The van der Waals surface area contributed by atoms with Gasteiger partial charge in [0.05, 0.1) is 4.90 Å². The van der Waals surface area contributed by atoms with E-state index in [1.807, 2.05) is 0 Å². The number of carbonyl (C=O) groups excluding carboxylic acids is 1. The van der Waals surface area contributed by atoms with Crippen LogP contribution in [0.2, 0.25) is 0 Å². The van der Waals surface area contributed by atoms with Crippen molar-refractivity contribution in [2.45, 2.75) is 31.2 Å². The maximum atomic E-state index is 12.5. The van der Waals surface area contributed by atoms with Gasteiger partial charge in [-0.05, 0) is 19.4 Å². The minimum atomic E-state index is -3.72. The number of carbonyl (C=O) groups is 2. The first kappa shape index (κ1) is 15.9. The fourth-order valence-corrected chi connectivity index (χ4v) is 5.22. The quantitative estimate of drug-likeness (QED) is 0.843. The Morgan fingerprint density at radius 1 is 1.48 bits per heavy atom. The fraction of sp³-hybridized carbons (Fsp3) is 0.500. The highest BCUT2D eigenvalue weighted by Crippen LogP contribution is 2.30. The molecule has 0 saturated carbocycles. The number of hydrogen-bond acceptors (Lipinski definition) is 5. The normalized spacial score (nSPS) is 19.6. The predicted octanol–water partition coefficient (Wildman–Crippen LogP) is 0.654. The Morgan fingerprint density at radius 2 is 2.14 bits per heavy atom. The van der Waals surface area contributed by atoms with Gasteiger partial charge < -0.3 is 10.4 Å². The average molecular weight is 332 g/mol. The van der Waals surface area contributed by atoms with E-state index >= 15 is 0 Å². The summed E-state index contributed by atoms with van der Waals surface area (Å²) in [6, 6.07) is 0.999. The van der Waals surface area contributed by atoms with Gasteiger partial charge in [-0.3, -0.25) is 4.79 Å². The van der Waals surface area contributed by atoms with Crippen molar-refractivity contribution in [3.8, 4) is 0 Å². The minimum absolute atomic E-state index is 0.00341. The Hall–Kier alpha value is -1.45. The zero-order valence-corrected chi connectivity index (χ0v) is 13.3. The minimum Gasteiger partial charge on any atom is -0.477 e. The second-order valence-corrected chi connectivity index (χ2v) is 8.05. The third-order valence-corrected chi connectivity index (χ3v) is 6.42. The number of rotatable bonds is 4. The van der Waals surface area contributed by atoms with E-state index in [1.54, 1.807) is 6.92 Å². The number of hydrogen-bond donors (Lipinski definition) is 2. The molecule has 2 N–H and O–H groups in total. The third kappa shape index (κ3) is 3.25. The molecule has 1 unspecified atom stereocenters. The zero-order chi connectivity index (χ0) is 15.8. The van der Waals surface area contributed by atoms with Crippen molar-refractivity contribution in [2.24, 2.45) is 0 Å². The lowest BCUT2D eigenvalue weighted by molar-refractivity contribution is -0.119. The highest BCUT2D eigenvalue weighted by molar-refractivity contribution is 7.89. The summed E-state index contributed by atoms with van der Waals surface area (Å²) in [7, 11) is -3.72. The van der Waals surface area contributed by atoms with E-state index in [0.29, 0.717) is 17.8 Å². The first-order valence-electron chi connectivity index (χ1n) is 6.33. The molecule has 21 heavy (non-hydrogen) atoms. The van der Waals surface area contributed by atoms with Crippen molar-refractivity contribution in [3.05, 3.63) is 15.8 Å². The molecular formula is C12H16N2O5S2. The number of carboxylic acid groups (broad SMARTS) is 1. The van der Waals surface area contributed by atoms with Gasteiger partial charge in [0.2, 0.25) is 15.9 Å². The maximum absolute atomic E-state index is 12.5. The van der Waals surface area contributed by atoms with Crippen LogP contribution < -0.4 is 5.32 Å². The van der Waals surface area contributed by atoms with Gasteiger partial charge in [-0.15, -0.1) is 11.3 Å². The van der Waals surface area contributed by atoms with Crippen LogP contribution in [0.4, 0.5) is 0 Å². The summed E-state index contributed by atoms with van der Waals surface area (Å²) < 4.78 is 26.4. The summed E-state index contributed by atoms with van der Waals surface area (Å²) in [4.78, 5) is 22.5. The van der Waals surface area contributed by atoms with Gasteiger partial charge in [-0.1, -0.05) is 0 Å². The predicted molar refractivity (Wildman–Crippen MR) is 77.0 cm³/mol. The van der Waals surface area contributed by atoms with E-state index in [1.165, 1.54) is 17.3 Å². The lowest BCUT2D eigenvalue weighted by Crippen LogP contribution is -2.37. The van der Waals surface area contributed by atoms with Crippen LogP contribution in [0.15, 0.2) is 11.0 Å². The highest BCUT2D eigenvalue weighted by atomic mass is 32.2. The summed E-state index contributed by atoms with van der Waals surface area (Å²) in [5, 5.41) is 11.6. The molecular weight excluding hydrogens is 316 g/mol. The first-order chi connectivity index (χ1) is 9.71. The Morgan fingerprint density at radius 3 is 2.67 bits per heavy atom. The monoisotopic (exact) mass is 332 g/mol. The van der Waals surface area contributed by atoms with Crippen molar-refractivity contribution in [2.75, 3.05) is 13.1 Å². The van der Waals surface area contributed by atoms with Crippen molar-refractivity contribution >= 4 is 33.2 Å². The summed E-state index contributed by atoms with van der Waals surface area (Å²) in [5.41, 5.74) is 0. The molecule has 0 aliphatic carbocycles. The van der Waals surface area contributed by atoms with Crippen molar-refractivity contribution < 1.29 is 23.1 Å². The second kappa shape index (κ2) is 5.74. The lowest BCUT2D eigenvalue weighted by Gasteiger charge is -2.16. The van der Waals surface area contributed by atoms with Crippen LogP contribution in [-0.2, 0) is 14.8 Å². The van der Waals surface area contributed by atoms with Gasteiger partial charge in [-0.2, -0.15) is 4.31 Å². The molecule has 9 heteroatoms. The lowest BCUT2D eigenvalue weighted by atomic mass is 10.3. The summed E-state index contributed by atoms with van der Waals surface area (Å²) in [6.07, 6.45) is 0.549. The molecule has 1 aromatic rings. The standard InChI is InChI=1S/C12H16N2O5S2/c1-7-11(5-10(20-7)12(16)17)21(18,19)14-4-3-9(6-14)13-8(2)15/h5,9H,3-4,6H2,1-2H3,(H,13,15)(H,16,17). The number of aromatic carboxylic acids is 1. The maximum Gasteiger partial charge on any atom is 0.345 e. The highest BCUT2D eigenvalue weighted by Gasteiger charge is 2.34. The Labute approximate surface area is 126 Å². The Bertz CT molecular complexity index is 680. The summed E-state index contributed by atoms with van der Waals surface area (Å²) >= 11 is 0.944. The Kier molecular flexibility index (Phi) is 4.35. The molecule has 1 aromatic heterocycles. The smallest absolute Gasteiger partial charge is 0.345 e. The van der Waals surface area contributed by atoms with Crippen LogP contribution in [0.1, 0.15) is 27.9 Å². The molecule has 1 atom stereocenters. The van der Waals surface area contributed by atoms with Crippen LogP contribution in [0.5, 0.6) is 0 Å². The molecule has 0 radical (unpaired) electrons. The van der Waals surface area contributed by atoms with E-state index in [2.05, 4.69) is 5.32 Å². The number of carboxylic acids is 1. The van der Waals surface area contributed by atoms with E-state index < -0.39 is 16.0 Å². The van der Waals surface area contributed by atoms with Gasteiger partial charge >= 0.3 is 5.97 Å². The van der Waals surface area contributed by atoms with E-state index in [-0.39, 0.29) is 28.3 Å². The number of amides is 1. The SMILES string of the molecule is CC(=O)NC1CCN(S(=O)(=O)c2cc(C(=O)O)sc2C)C1. The van der Waals surface area contributed by atoms with Crippen LogP contribution >= 0.6 is 11.3 Å². The number of nitrogens with one attached hydrogen (secondary N) is 1. The van der Waals surface area contributed by atoms with Gasteiger partial charge in [0.1, 0.15) is 4.88 Å². The molecule has 1 aliphatic rings. The third-order valence-electron chi connectivity index (χ3n) is 3.26. The molecule has 0 aromatic carbocycles. The van der Waals surface area contributed by atoms with Gasteiger partial charge in [-0.25, -0.2) is 13.2 Å². The van der Waals surface area contributed by atoms with Crippen LogP contribution in [0, 0.1) is 6.92 Å². The second-order valence-electron chi connectivity index (χ2n) is 4.89. The average Bonchev–Trinajstić information content (AvgIpc) is 2.95. The van der Waals surface area contributed by atoms with E-state index in [0.717, 1.165) is 11.3 Å². The molecule has 0 spiro atoms. The number of nitrogens with zero attached hydrogens (tertiary/aromatic N) is 1. The molecule has 0 bridgehead atoms. The number of sulfonamides is 1. The van der Waals surface area contributed by atoms with Crippen molar-refractivity contribution in [3.63, 3.8) is 0 Å². The van der Waals surface area contributed by atoms with E-state index in [4.69, 9.17) is 5.11 Å². The molecule has 1 amide bonds. The fourth-order valence-electron chi connectivity index (χ4n) is 2.32. The number of aryl methyl sites for hydroxylation is 1. The first-order valence-corrected chi connectivity index (χ1v) is 8.58. The van der Waals surface area contributed by atoms with Crippen LogP contribution in [0.25, 0.3) is 0 Å². The Balaban J connectivity index is 2.23. The van der Waals surface area contributed by atoms with E-state index in [9.17, 15) is 18.0 Å². The zero-order valence-electron chi connectivity index (χ0n) is 11.6. The van der Waals surface area contributed by atoms with Crippen molar-refractivity contribution in [1.82, 2.24) is 9.62 Å². The molecule has 2 rings (SSSR count). The molecule has 116 valence electrons. The largest absolute Gasteiger partial charge is 0.477 e. The van der Waals surface area contributed by atoms with Gasteiger partial charge in [0.15, 0.2) is 0 Å².